The summed E-state index contributed by atoms with van der Waals surface area (Å²) < 4.78 is 5.52. The molecule has 1 unspecified atom stereocenters. The van der Waals surface area contributed by atoms with E-state index in [0.29, 0.717) is 5.92 Å². The maximum atomic E-state index is 5.52. The molecule has 0 saturated carbocycles. The van der Waals surface area contributed by atoms with Gasteiger partial charge in [-0.25, -0.2) is 9.97 Å². The number of piperidine rings is 1. The standard InChI is InChI=1S/C13H21N3O/c1-3-17-9-12-5-4-6-16(8-12)13-7-11(2)14-10-15-13/h7,10,12H,3-6,8-9H2,1-2H3. The maximum Gasteiger partial charge on any atom is 0.132 e. The largest absolute Gasteiger partial charge is 0.381 e. The van der Waals surface area contributed by atoms with Crippen molar-refractivity contribution >= 4 is 5.82 Å². The van der Waals surface area contributed by atoms with Gasteiger partial charge in [-0.15, -0.1) is 0 Å². The number of ether oxygens (including phenoxy) is 1. The first kappa shape index (κ1) is 12.3. The first-order valence-electron chi connectivity index (χ1n) is 6.41. The Morgan fingerprint density at radius 1 is 1.47 bits per heavy atom. The lowest BCUT2D eigenvalue weighted by Crippen LogP contribution is -2.37. The van der Waals surface area contributed by atoms with Crippen molar-refractivity contribution in [2.45, 2.75) is 26.7 Å². The van der Waals surface area contributed by atoms with Gasteiger partial charge in [0.25, 0.3) is 0 Å². The zero-order valence-corrected chi connectivity index (χ0v) is 10.7. The summed E-state index contributed by atoms with van der Waals surface area (Å²) in [4.78, 5) is 10.8. The van der Waals surface area contributed by atoms with Gasteiger partial charge in [-0.3, -0.25) is 0 Å². The van der Waals surface area contributed by atoms with Crippen LogP contribution in [-0.2, 0) is 4.74 Å². The van der Waals surface area contributed by atoms with Crippen molar-refractivity contribution in [3.63, 3.8) is 0 Å². The van der Waals surface area contributed by atoms with E-state index in [-0.39, 0.29) is 0 Å². The van der Waals surface area contributed by atoms with Crippen LogP contribution in [0.4, 0.5) is 5.82 Å². The summed E-state index contributed by atoms with van der Waals surface area (Å²) in [5.41, 5.74) is 1.03. The van der Waals surface area contributed by atoms with Crippen LogP contribution in [0.15, 0.2) is 12.4 Å². The molecule has 1 aromatic rings. The van der Waals surface area contributed by atoms with Crippen molar-refractivity contribution < 1.29 is 4.74 Å². The number of nitrogens with zero attached hydrogens (tertiary/aromatic N) is 3. The second-order valence-electron chi connectivity index (χ2n) is 4.63. The van der Waals surface area contributed by atoms with Gasteiger partial charge >= 0.3 is 0 Å². The number of aryl methyl sites for hydroxylation is 1. The summed E-state index contributed by atoms with van der Waals surface area (Å²) in [5.74, 6) is 1.69. The van der Waals surface area contributed by atoms with Crippen LogP contribution in [0.25, 0.3) is 0 Å². The minimum atomic E-state index is 0.638. The summed E-state index contributed by atoms with van der Waals surface area (Å²) in [6, 6.07) is 2.06. The van der Waals surface area contributed by atoms with Gasteiger partial charge in [0, 0.05) is 31.5 Å². The Bertz CT molecular complexity index is 356. The first-order chi connectivity index (χ1) is 8.29. The van der Waals surface area contributed by atoms with Crippen LogP contribution in [0.1, 0.15) is 25.5 Å². The third-order valence-corrected chi connectivity index (χ3v) is 3.19. The molecular weight excluding hydrogens is 214 g/mol. The summed E-state index contributed by atoms with van der Waals surface area (Å²) in [6.07, 6.45) is 4.14. The Morgan fingerprint density at radius 2 is 2.35 bits per heavy atom. The van der Waals surface area contributed by atoms with Gasteiger partial charge in [0.2, 0.25) is 0 Å². The molecule has 17 heavy (non-hydrogen) atoms. The number of rotatable bonds is 4. The van der Waals surface area contributed by atoms with E-state index < -0.39 is 0 Å². The summed E-state index contributed by atoms with van der Waals surface area (Å²) in [6.45, 7) is 7.89. The number of hydrogen-bond donors (Lipinski definition) is 0. The molecule has 0 amide bonds. The molecule has 1 fully saturated rings. The van der Waals surface area contributed by atoms with Crippen LogP contribution in [0.3, 0.4) is 0 Å². The molecule has 4 nitrogen and oxygen atoms in total. The van der Waals surface area contributed by atoms with Crippen molar-refractivity contribution in [2.24, 2.45) is 5.92 Å². The number of aromatic nitrogens is 2. The van der Waals surface area contributed by atoms with Gasteiger partial charge in [-0.1, -0.05) is 0 Å². The quantitative estimate of drug-likeness (QED) is 0.800. The third-order valence-electron chi connectivity index (χ3n) is 3.19. The van der Waals surface area contributed by atoms with Crippen molar-refractivity contribution in [2.75, 3.05) is 31.2 Å². The van der Waals surface area contributed by atoms with E-state index in [1.807, 2.05) is 13.8 Å². The second-order valence-corrected chi connectivity index (χ2v) is 4.63. The summed E-state index contributed by atoms with van der Waals surface area (Å²) in [7, 11) is 0. The predicted molar refractivity (Wildman–Crippen MR) is 68.2 cm³/mol. The Labute approximate surface area is 103 Å². The van der Waals surface area contributed by atoms with Crippen LogP contribution in [0.2, 0.25) is 0 Å². The lowest BCUT2D eigenvalue weighted by molar-refractivity contribution is 0.104. The first-order valence-corrected chi connectivity index (χ1v) is 6.41. The predicted octanol–water partition coefficient (Wildman–Crippen LogP) is 2.04. The molecule has 0 radical (unpaired) electrons. The highest BCUT2D eigenvalue weighted by Crippen LogP contribution is 2.21. The van der Waals surface area contributed by atoms with Crippen molar-refractivity contribution in [1.29, 1.82) is 0 Å². The van der Waals surface area contributed by atoms with E-state index in [4.69, 9.17) is 4.74 Å². The van der Waals surface area contributed by atoms with Gasteiger partial charge in [-0.2, -0.15) is 0 Å². The zero-order valence-electron chi connectivity index (χ0n) is 10.7. The van der Waals surface area contributed by atoms with Crippen molar-refractivity contribution in [1.82, 2.24) is 9.97 Å². The van der Waals surface area contributed by atoms with Gasteiger partial charge in [0.1, 0.15) is 12.1 Å². The average molecular weight is 235 g/mol. The van der Waals surface area contributed by atoms with Gasteiger partial charge < -0.3 is 9.64 Å². The molecule has 0 N–H and O–H groups in total. The highest BCUT2D eigenvalue weighted by molar-refractivity contribution is 5.39. The smallest absolute Gasteiger partial charge is 0.132 e. The number of hydrogen-bond acceptors (Lipinski definition) is 4. The normalized spacial score (nSPS) is 20.6. The Balaban J connectivity index is 1.97. The van der Waals surface area contributed by atoms with E-state index in [1.54, 1.807) is 6.33 Å². The minimum absolute atomic E-state index is 0.638. The Hall–Kier alpha value is -1.16. The topological polar surface area (TPSA) is 38.2 Å². The van der Waals surface area contributed by atoms with E-state index in [1.165, 1.54) is 12.8 Å². The van der Waals surface area contributed by atoms with Crippen LogP contribution in [-0.4, -0.2) is 36.3 Å². The zero-order chi connectivity index (χ0) is 12.1. The van der Waals surface area contributed by atoms with E-state index in [0.717, 1.165) is 37.8 Å². The fourth-order valence-electron chi connectivity index (χ4n) is 2.31. The molecule has 2 heterocycles. The second kappa shape index (κ2) is 5.96. The Morgan fingerprint density at radius 3 is 3.12 bits per heavy atom. The maximum absolute atomic E-state index is 5.52. The molecule has 4 heteroatoms. The Kier molecular flexibility index (Phi) is 4.31. The lowest BCUT2D eigenvalue weighted by atomic mass is 9.99. The molecule has 1 saturated heterocycles. The van der Waals surface area contributed by atoms with Gasteiger partial charge in [0.15, 0.2) is 0 Å². The molecule has 2 rings (SSSR count). The van der Waals surface area contributed by atoms with Gasteiger partial charge in [-0.05, 0) is 32.6 Å². The van der Waals surface area contributed by atoms with Crippen LogP contribution >= 0.6 is 0 Å². The van der Waals surface area contributed by atoms with E-state index in [2.05, 4.69) is 20.9 Å². The van der Waals surface area contributed by atoms with Crippen molar-refractivity contribution in [3.05, 3.63) is 18.1 Å². The molecular formula is C13H21N3O. The minimum Gasteiger partial charge on any atom is -0.381 e. The fraction of sp³-hybridized carbons (Fsp3) is 0.692. The van der Waals surface area contributed by atoms with E-state index in [9.17, 15) is 0 Å². The summed E-state index contributed by atoms with van der Waals surface area (Å²) in [5, 5.41) is 0. The summed E-state index contributed by atoms with van der Waals surface area (Å²) >= 11 is 0. The molecule has 94 valence electrons. The van der Waals surface area contributed by atoms with Gasteiger partial charge in [0.05, 0.1) is 6.61 Å². The SMILES string of the molecule is CCOCC1CCCN(c2cc(C)ncn2)C1. The molecule has 1 atom stereocenters. The lowest BCUT2D eigenvalue weighted by Gasteiger charge is -2.33. The van der Waals surface area contributed by atoms with E-state index >= 15 is 0 Å². The monoisotopic (exact) mass is 235 g/mol. The highest BCUT2D eigenvalue weighted by Gasteiger charge is 2.20. The molecule has 1 aliphatic rings. The molecule has 0 aliphatic carbocycles. The van der Waals surface area contributed by atoms with Crippen LogP contribution in [0, 0.1) is 12.8 Å². The van der Waals surface area contributed by atoms with Crippen LogP contribution < -0.4 is 4.90 Å². The molecule has 0 aromatic carbocycles. The molecule has 1 aromatic heterocycles. The fourth-order valence-corrected chi connectivity index (χ4v) is 2.31. The molecule has 0 bridgehead atoms. The molecule has 1 aliphatic heterocycles. The average Bonchev–Trinajstić information content (AvgIpc) is 2.37. The van der Waals surface area contributed by atoms with Crippen molar-refractivity contribution in [3.8, 4) is 0 Å². The number of anilines is 1. The highest BCUT2D eigenvalue weighted by atomic mass is 16.5. The van der Waals surface area contributed by atoms with Crippen LogP contribution in [0.5, 0.6) is 0 Å². The third kappa shape index (κ3) is 3.40. The molecule has 0 spiro atoms.